The molecule has 2 aromatic rings. The molecule has 1 aromatic carbocycles. The molecule has 1 unspecified atom stereocenters. The molecule has 0 bridgehead atoms. The molecule has 4 nitrogen and oxygen atoms in total. The molecule has 1 aliphatic rings. The maximum Gasteiger partial charge on any atom is 0.435 e. The largest absolute Gasteiger partial charge is 0.435 e. The van der Waals surface area contributed by atoms with Crippen molar-refractivity contribution >= 4 is 46.3 Å². The molecule has 13 heteroatoms. The van der Waals surface area contributed by atoms with Gasteiger partial charge in [-0.2, -0.15) is 38.1 Å². The molecule has 1 atom stereocenters. The molecule has 0 fully saturated rings. The Hall–Kier alpha value is -2.05. The van der Waals surface area contributed by atoms with Gasteiger partial charge < -0.3 is 10.2 Å². The summed E-state index contributed by atoms with van der Waals surface area (Å²) in [4.78, 5) is 9.67. The number of aryl methyl sites for hydroxylation is 1. The molecule has 0 spiro atoms. The number of alkyl halides is 6. The standard InChI is InChI=1S/C21H18ClF6N3OS2/c1-11-5-16(29-8-12(11)9-30-18(33)10-34-2)17-7-19(32-31-17,21(26,27)28)13-3-4-15(22)14(6-13)20(23,24)25/h3-6,8H,7,9-10H2,1-2H3,(H,30,33). The summed E-state index contributed by atoms with van der Waals surface area (Å²) in [5, 5.41) is 5.92. The van der Waals surface area contributed by atoms with Crippen LogP contribution in [0.4, 0.5) is 26.3 Å². The van der Waals surface area contributed by atoms with Gasteiger partial charge in [0.15, 0.2) is 0 Å². The third-order valence-corrected chi connectivity index (χ3v) is 6.57. The summed E-state index contributed by atoms with van der Waals surface area (Å²) in [6.45, 7) is 2.14. The molecule has 34 heavy (non-hydrogen) atoms. The number of aromatic nitrogens is 1. The van der Waals surface area contributed by atoms with Gasteiger partial charge in [0.25, 0.3) is 5.60 Å². The molecule has 3 rings (SSSR count). The van der Waals surface area contributed by atoms with E-state index < -0.39 is 40.5 Å². The van der Waals surface area contributed by atoms with Crippen molar-refractivity contribution in [2.24, 2.45) is 5.16 Å². The number of halogens is 7. The van der Waals surface area contributed by atoms with Crippen molar-refractivity contribution in [1.29, 1.82) is 0 Å². The van der Waals surface area contributed by atoms with E-state index in [1.165, 1.54) is 6.20 Å². The Morgan fingerprint density at radius 3 is 2.53 bits per heavy atom. The van der Waals surface area contributed by atoms with Crippen molar-refractivity contribution in [2.75, 3.05) is 12.0 Å². The normalized spacial score (nSPS) is 18.4. The Morgan fingerprint density at radius 1 is 1.24 bits per heavy atom. The summed E-state index contributed by atoms with van der Waals surface area (Å²) >= 11 is 12.3. The number of hydrogen-bond donors (Lipinski definition) is 1. The fourth-order valence-electron chi connectivity index (χ4n) is 3.34. The van der Waals surface area contributed by atoms with E-state index in [9.17, 15) is 26.3 Å². The van der Waals surface area contributed by atoms with E-state index >= 15 is 0 Å². The highest BCUT2D eigenvalue weighted by molar-refractivity contribution is 8.00. The minimum absolute atomic E-state index is 0.129. The number of nitrogens with zero attached hydrogens (tertiary/aromatic N) is 2. The Morgan fingerprint density at radius 2 is 1.94 bits per heavy atom. The summed E-state index contributed by atoms with van der Waals surface area (Å²) in [5.41, 5.74) is -3.76. The molecule has 1 aromatic heterocycles. The fourth-order valence-corrected chi connectivity index (χ4v) is 4.35. The second kappa shape index (κ2) is 9.90. The first kappa shape index (κ1) is 26.6. The number of rotatable bonds is 6. The van der Waals surface area contributed by atoms with E-state index in [4.69, 9.17) is 28.7 Å². The van der Waals surface area contributed by atoms with Crippen LogP contribution in [0.5, 0.6) is 0 Å². The van der Waals surface area contributed by atoms with Gasteiger partial charge in [0.2, 0.25) is 0 Å². The van der Waals surface area contributed by atoms with Crippen LogP contribution in [0.2, 0.25) is 5.02 Å². The minimum atomic E-state index is -5.07. The van der Waals surface area contributed by atoms with Crippen LogP contribution in [-0.2, 0) is 23.2 Å². The number of thiocarbonyl (C=S) groups is 1. The monoisotopic (exact) mass is 541 g/mol. The maximum atomic E-state index is 14.1. The van der Waals surface area contributed by atoms with Crippen LogP contribution in [-0.4, -0.2) is 33.9 Å². The lowest BCUT2D eigenvalue weighted by molar-refractivity contribution is -0.276. The molecule has 2 heterocycles. The fraction of sp³-hybridized carbons (Fsp3) is 0.381. The molecule has 0 amide bonds. The zero-order valence-corrected chi connectivity index (χ0v) is 20.2. The van der Waals surface area contributed by atoms with Gasteiger partial charge in [-0.3, -0.25) is 4.98 Å². The number of nitrogens with one attached hydrogen (secondary N) is 1. The van der Waals surface area contributed by atoms with Gasteiger partial charge in [-0.05, 0) is 42.5 Å². The van der Waals surface area contributed by atoms with Crippen LogP contribution >= 0.6 is 35.6 Å². The van der Waals surface area contributed by atoms with E-state index in [0.29, 0.717) is 23.4 Å². The molecule has 0 saturated carbocycles. The first-order valence-electron chi connectivity index (χ1n) is 9.69. The summed E-state index contributed by atoms with van der Waals surface area (Å²) in [6, 6.07) is 3.51. The SMILES string of the molecule is CSCC(=S)NCc1cnc(C2=NOC(c3ccc(Cl)c(C(F)(F)F)c3)(C(F)(F)F)C2)cc1C. The van der Waals surface area contributed by atoms with Crippen molar-refractivity contribution in [1.82, 2.24) is 10.3 Å². The summed E-state index contributed by atoms with van der Waals surface area (Å²) in [7, 11) is 0. The molecular formula is C21H18ClF6N3OS2. The number of benzene rings is 1. The Balaban J connectivity index is 1.90. The number of thioether (sulfide) groups is 1. The maximum absolute atomic E-state index is 14.1. The number of pyridine rings is 1. The van der Waals surface area contributed by atoms with Crippen molar-refractivity contribution in [2.45, 2.75) is 37.8 Å². The van der Waals surface area contributed by atoms with Gasteiger partial charge in [-0.1, -0.05) is 35.0 Å². The summed E-state index contributed by atoms with van der Waals surface area (Å²) < 4.78 is 82.2. The topological polar surface area (TPSA) is 46.5 Å². The average Bonchev–Trinajstić information content (AvgIpc) is 3.19. The van der Waals surface area contributed by atoms with Crippen LogP contribution in [0.25, 0.3) is 0 Å². The molecule has 0 aliphatic carbocycles. The minimum Gasteiger partial charge on any atom is -0.375 e. The van der Waals surface area contributed by atoms with Crippen LogP contribution in [0.3, 0.4) is 0 Å². The summed E-state index contributed by atoms with van der Waals surface area (Å²) in [5.74, 6) is 0.647. The molecule has 0 radical (unpaired) electrons. The molecule has 184 valence electrons. The van der Waals surface area contributed by atoms with Crippen molar-refractivity contribution in [3.05, 3.63) is 63.4 Å². The van der Waals surface area contributed by atoms with E-state index in [0.717, 1.165) is 23.3 Å². The predicted octanol–water partition coefficient (Wildman–Crippen LogP) is 6.42. The molecule has 1 N–H and O–H groups in total. The predicted molar refractivity (Wildman–Crippen MR) is 123 cm³/mol. The number of oxime groups is 1. The third-order valence-electron chi connectivity index (χ3n) is 5.19. The van der Waals surface area contributed by atoms with Gasteiger partial charge in [-0.15, -0.1) is 0 Å². The lowest BCUT2D eigenvalue weighted by Crippen LogP contribution is -2.43. The highest BCUT2D eigenvalue weighted by atomic mass is 35.5. The lowest BCUT2D eigenvalue weighted by Gasteiger charge is -2.30. The first-order chi connectivity index (χ1) is 15.8. The Kier molecular flexibility index (Phi) is 7.73. The van der Waals surface area contributed by atoms with E-state index in [1.807, 2.05) is 6.26 Å². The molecular weight excluding hydrogens is 524 g/mol. The number of hydrogen-bond acceptors (Lipinski definition) is 5. The van der Waals surface area contributed by atoms with Gasteiger partial charge in [0.05, 0.1) is 27.7 Å². The van der Waals surface area contributed by atoms with Gasteiger partial charge in [-0.25, -0.2) is 0 Å². The van der Waals surface area contributed by atoms with E-state index in [2.05, 4.69) is 15.5 Å². The molecule has 1 aliphatic heterocycles. The average molecular weight is 542 g/mol. The van der Waals surface area contributed by atoms with Gasteiger partial charge in [0.1, 0.15) is 5.71 Å². The third kappa shape index (κ3) is 5.44. The quantitative estimate of drug-likeness (QED) is 0.337. The van der Waals surface area contributed by atoms with Crippen LogP contribution < -0.4 is 5.32 Å². The van der Waals surface area contributed by atoms with E-state index in [1.54, 1.807) is 24.8 Å². The second-order valence-corrected chi connectivity index (χ2v) is 9.29. The van der Waals surface area contributed by atoms with Crippen molar-refractivity contribution in [3.63, 3.8) is 0 Å². The van der Waals surface area contributed by atoms with Crippen LogP contribution in [0, 0.1) is 6.92 Å². The highest BCUT2D eigenvalue weighted by Crippen LogP contribution is 2.50. The summed E-state index contributed by atoms with van der Waals surface area (Å²) in [6.07, 6.45) is -7.46. The smallest absolute Gasteiger partial charge is 0.375 e. The van der Waals surface area contributed by atoms with Crippen LogP contribution in [0.15, 0.2) is 35.6 Å². The highest BCUT2D eigenvalue weighted by Gasteiger charge is 2.62. The lowest BCUT2D eigenvalue weighted by atomic mass is 9.86. The Bertz CT molecular complexity index is 1120. The van der Waals surface area contributed by atoms with Crippen molar-refractivity contribution < 1.29 is 31.2 Å². The second-order valence-electron chi connectivity index (χ2n) is 7.53. The van der Waals surface area contributed by atoms with Crippen LogP contribution in [0.1, 0.15) is 34.4 Å². The molecule has 0 saturated heterocycles. The van der Waals surface area contributed by atoms with Gasteiger partial charge in [0, 0.05) is 24.1 Å². The van der Waals surface area contributed by atoms with Gasteiger partial charge >= 0.3 is 12.4 Å². The first-order valence-corrected chi connectivity index (χ1v) is 11.9. The Labute approximate surface area is 206 Å². The van der Waals surface area contributed by atoms with Crippen molar-refractivity contribution in [3.8, 4) is 0 Å². The van der Waals surface area contributed by atoms with E-state index in [-0.39, 0.29) is 11.4 Å². The zero-order valence-electron chi connectivity index (χ0n) is 17.8. The zero-order chi connectivity index (χ0) is 25.3.